The van der Waals surface area contributed by atoms with Crippen molar-refractivity contribution in [3.63, 3.8) is 0 Å². The molecule has 0 saturated heterocycles. The lowest BCUT2D eigenvalue weighted by atomic mass is 10.1. The number of alkyl halides is 1. The first kappa shape index (κ1) is 15.5. The van der Waals surface area contributed by atoms with Gasteiger partial charge < -0.3 is 0 Å². The summed E-state index contributed by atoms with van der Waals surface area (Å²) in [5.74, 6) is 0. The molecule has 0 atom stereocenters. The van der Waals surface area contributed by atoms with E-state index < -0.39 is 0 Å². The molecule has 1 saturated carbocycles. The normalized spacial score (nSPS) is 17.1. The average Bonchev–Trinajstić information content (AvgIpc) is 2.86. The van der Waals surface area contributed by atoms with E-state index in [-0.39, 0.29) is 0 Å². The summed E-state index contributed by atoms with van der Waals surface area (Å²) >= 11 is 3.60. The maximum atomic E-state index is 3.60. The lowest BCUT2D eigenvalue weighted by Gasteiger charge is -2.28. The van der Waals surface area contributed by atoms with Crippen LogP contribution in [0.2, 0.25) is 0 Å². The lowest BCUT2D eigenvalue weighted by molar-refractivity contribution is 0.206. The molecule has 1 aliphatic carbocycles. The van der Waals surface area contributed by atoms with Crippen molar-refractivity contribution in [3.05, 3.63) is 0 Å². The highest BCUT2D eigenvalue weighted by molar-refractivity contribution is 9.09. The van der Waals surface area contributed by atoms with Crippen LogP contribution in [0.4, 0.5) is 0 Å². The van der Waals surface area contributed by atoms with E-state index in [9.17, 15) is 0 Å². The second-order valence-electron chi connectivity index (χ2n) is 5.43. The van der Waals surface area contributed by atoms with Crippen LogP contribution in [0.15, 0.2) is 0 Å². The van der Waals surface area contributed by atoms with Crippen molar-refractivity contribution in [2.75, 3.05) is 18.4 Å². The summed E-state index contributed by atoms with van der Waals surface area (Å²) in [7, 11) is 0. The van der Waals surface area contributed by atoms with E-state index in [1.165, 1.54) is 77.3 Å². The van der Waals surface area contributed by atoms with Crippen LogP contribution in [-0.2, 0) is 0 Å². The van der Waals surface area contributed by atoms with Gasteiger partial charge in [0, 0.05) is 17.9 Å². The fourth-order valence-electron chi connectivity index (χ4n) is 2.95. The van der Waals surface area contributed by atoms with E-state index in [0.717, 1.165) is 11.4 Å². The topological polar surface area (TPSA) is 3.24 Å². The van der Waals surface area contributed by atoms with Crippen LogP contribution in [0.1, 0.15) is 71.1 Å². The number of rotatable bonds is 10. The molecule has 1 fully saturated rings. The maximum Gasteiger partial charge on any atom is 0.0159 e. The molecule has 0 amide bonds. The van der Waals surface area contributed by atoms with Gasteiger partial charge in [-0.25, -0.2) is 0 Å². The van der Waals surface area contributed by atoms with E-state index in [1.54, 1.807) is 0 Å². The lowest BCUT2D eigenvalue weighted by Crippen LogP contribution is -2.35. The molecule has 0 spiro atoms. The predicted octanol–water partition coefficient (Wildman–Crippen LogP) is 4.99. The highest BCUT2D eigenvalue weighted by Crippen LogP contribution is 2.24. The molecule has 1 aliphatic rings. The first-order chi connectivity index (χ1) is 8.38. The average molecular weight is 304 g/mol. The third kappa shape index (κ3) is 6.81. The van der Waals surface area contributed by atoms with Crippen molar-refractivity contribution < 1.29 is 0 Å². The van der Waals surface area contributed by atoms with Crippen molar-refractivity contribution in [1.29, 1.82) is 0 Å². The van der Waals surface area contributed by atoms with Crippen LogP contribution in [0.3, 0.4) is 0 Å². The summed E-state index contributed by atoms with van der Waals surface area (Å²) in [6.45, 7) is 4.87. The van der Waals surface area contributed by atoms with E-state index >= 15 is 0 Å². The summed E-state index contributed by atoms with van der Waals surface area (Å²) < 4.78 is 0. The first-order valence-electron chi connectivity index (χ1n) is 7.68. The van der Waals surface area contributed by atoms with Crippen LogP contribution < -0.4 is 0 Å². The molecule has 102 valence electrons. The highest BCUT2D eigenvalue weighted by Gasteiger charge is 2.21. The Hall–Kier alpha value is 0.440. The molecular weight excluding hydrogens is 274 g/mol. The zero-order valence-corrected chi connectivity index (χ0v) is 13.2. The molecule has 0 unspecified atom stereocenters. The number of hydrogen-bond acceptors (Lipinski definition) is 1. The van der Waals surface area contributed by atoms with Gasteiger partial charge in [0.15, 0.2) is 0 Å². The van der Waals surface area contributed by atoms with Gasteiger partial charge in [-0.2, -0.15) is 0 Å². The van der Waals surface area contributed by atoms with Gasteiger partial charge in [0.05, 0.1) is 0 Å². The minimum absolute atomic E-state index is 0.906. The van der Waals surface area contributed by atoms with Gasteiger partial charge in [0.2, 0.25) is 0 Å². The Kier molecular flexibility index (Phi) is 9.45. The van der Waals surface area contributed by atoms with E-state index in [2.05, 4.69) is 27.8 Å². The fourth-order valence-corrected chi connectivity index (χ4v) is 3.41. The van der Waals surface area contributed by atoms with Gasteiger partial charge >= 0.3 is 0 Å². The third-order valence-corrected chi connectivity index (χ3v) is 4.37. The fraction of sp³-hybridized carbons (Fsp3) is 1.00. The first-order valence-corrected chi connectivity index (χ1v) is 8.80. The molecule has 0 N–H and O–H groups in total. The Morgan fingerprint density at radius 2 is 1.59 bits per heavy atom. The monoisotopic (exact) mass is 303 g/mol. The summed E-state index contributed by atoms with van der Waals surface area (Å²) in [6, 6.07) is 0.906. The van der Waals surface area contributed by atoms with Crippen molar-refractivity contribution in [1.82, 2.24) is 4.90 Å². The Morgan fingerprint density at radius 1 is 0.941 bits per heavy atom. The van der Waals surface area contributed by atoms with Gasteiger partial charge in [0.1, 0.15) is 0 Å². The molecule has 0 bridgehead atoms. The van der Waals surface area contributed by atoms with Crippen LogP contribution >= 0.6 is 15.9 Å². The molecule has 0 aromatic rings. The molecule has 17 heavy (non-hydrogen) atoms. The predicted molar refractivity (Wildman–Crippen MR) is 81.0 cm³/mol. The van der Waals surface area contributed by atoms with Crippen molar-refractivity contribution in [3.8, 4) is 0 Å². The molecule has 2 heteroatoms. The quantitative estimate of drug-likeness (QED) is 0.406. The van der Waals surface area contributed by atoms with Crippen molar-refractivity contribution >= 4 is 15.9 Å². The van der Waals surface area contributed by atoms with E-state index in [4.69, 9.17) is 0 Å². The largest absolute Gasteiger partial charge is 0.300 e. The Labute approximate surface area is 116 Å². The van der Waals surface area contributed by atoms with Crippen molar-refractivity contribution in [2.45, 2.75) is 77.2 Å². The second-order valence-corrected chi connectivity index (χ2v) is 6.22. The Bertz CT molecular complexity index is 166. The smallest absolute Gasteiger partial charge is 0.0159 e. The SMILES string of the molecule is CCCCCCCCN(CCBr)C1CCCC1. The highest BCUT2D eigenvalue weighted by atomic mass is 79.9. The molecule has 0 aliphatic heterocycles. The molecule has 1 nitrogen and oxygen atoms in total. The minimum atomic E-state index is 0.906. The summed E-state index contributed by atoms with van der Waals surface area (Å²) in [5, 5.41) is 1.14. The summed E-state index contributed by atoms with van der Waals surface area (Å²) in [4.78, 5) is 2.74. The molecular formula is C15H30BrN. The van der Waals surface area contributed by atoms with E-state index in [1.807, 2.05) is 0 Å². The maximum absolute atomic E-state index is 3.60. The zero-order valence-electron chi connectivity index (χ0n) is 11.6. The van der Waals surface area contributed by atoms with Gasteiger partial charge in [-0.05, 0) is 25.8 Å². The molecule has 0 heterocycles. The number of nitrogens with zero attached hydrogens (tertiary/aromatic N) is 1. The van der Waals surface area contributed by atoms with E-state index in [0.29, 0.717) is 0 Å². The van der Waals surface area contributed by atoms with Crippen LogP contribution in [-0.4, -0.2) is 29.4 Å². The summed E-state index contributed by atoms with van der Waals surface area (Å²) in [6.07, 6.45) is 14.3. The zero-order chi connectivity index (χ0) is 12.3. The standard InChI is InChI=1S/C15H30BrN/c1-2-3-4-5-6-9-13-17(14-12-16)15-10-7-8-11-15/h15H,2-14H2,1H3. The number of hydrogen-bond donors (Lipinski definition) is 0. The van der Waals surface area contributed by atoms with Gasteiger partial charge in [-0.1, -0.05) is 67.8 Å². The van der Waals surface area contributed by atoms with Crippen LogP contribution in [0.25, 0.3) is 0 Å². The van der Waals surface area contributed by atoms with Crippen LogP contribution in [0.5, 0.6) is 0 Å². The van der Waals surface area contributed by atoms with Crippen molar-refractivity contribution in [2.24, 2.45) is 0 Å². The second kappa shape index (κ2) is 10.4. The Balaban J connectivity index is 2.07. The van der Waals surface area contributed by atoms with Gasteiger partial charge in [0.25, 0.3) is 0 Å². The number of halogens is 1. The minimum Gasteiger partial charge on any atom is -0.300 e. The van der Waals surface area contributed by atoms with Gasteiger partial charge in [-0.3, -0.25) is 4.90 Å². The molecule has 0 radical (unpaired) electrons. The summed E-state index contributed by atoms with van der Waals surface area (Å²) in [5.41, 5.74) is 0. The molecule has 0 aromatic heterocycles. The Morgan fingerprint density at radius 3 is 2.24 bits per heavy atom. The number of unbranched alkanes of at least 4 members (excludes halogenated alkanes) is 5. The molecule has 1 rings (SSSR count). The van der Waals surface area contributed by atoms with Gasteiger partial charge in [-0.15, -0.1) is 0 Å². The third-order valence-electron chi connectivity index (χ3n) is 4.01. The van der Waals surface area contributed by atoms with Crippen LogP contribution in [0, 0.1) is 0 Å². The molecule has 0 aromatic carbocycles.